The van der Waals surface area contributed by atoms with Gasteiger partial charge in [0.25, 0.3) is 0 Å². The molecule has 0 radical (unpaired) electrons. The molecule has 0 aliphatic carbocycles. The zero-order valence-electron chi connectivity index (χ0n) is 14.7. The second-order valence-electron chi connectivity index (χ2n) is 5.80. The lowest BCUT2D eigenvalue weighted by atomic mass is 10.1. The predicted octanol–water partition coefficient (Wildman–Crippen LogP) is 4.47. The van der Waals surface area contributed by atoms with Gasteiger partial charge in [-0.2, -0.15) is 0 Å². The summed E-state index contributed by atoms with van der Waals surface area (Å²) in [4.78, 5) is 2.25. The first-order valence-electron chi connectivity index (χ1n) is 8.64. The zero-order chi connectivity index (χ0) is 17.6. The lowest BCUT2D eigenvalue weighted by Crippen LogP contribution is -2.22. The Labute approximate surface area is 149 Å². The highest BCUT2D eigenvalue weighted by Gasteiger charge is 2.14. The van der Waals surface area contributed by atoms with Gasteiger partial charge in [-0.1, -0.05) is 18.2 Å². The first-order chi connectivity index (χ1) is 12.3. The SMILES string of the molecule is CCN(CC)c1ccc(/C=C/c2cc[p+](CCN)cc2)c2nonc12. The molecule has 2 N–H and O–H groups in total. The maximum absolute atomic E-state index is 5.63. The van der Waals surface area contributed by atoms with E-state index >= 15 is 0 Å². The van der Waals surface area contributed by atoms with Crippen LogP contribution in [-0.4, -0.2) is 29.9 Å². The molecule has 3 aromatic rings. The summed E-state index contributed by atoms with van der Waals surface area (Å²) in [7, 11) is -0.183. The minimum absolute atomic E-state index is 0.183. The van der Waals surface area contributed by atoms with E-state index in [0.29, 0.717) is 0 Å². The van der Waals surface area contributed by atoms with E-state index in [9.17, 15) is 0 Å². The van der Waals surface area contributed by atoms with Crippen molar-refractivity contribution in [3.63, 3.8) is 0 Å². The van der Waals surface area contributed by atoms with E-state index in [1.54, 1.807) is 0 Å². The van der Waals surface area contributed by atoms with Gasteiger partial charge in [-0.05, 0) is 47.9 Å². The molecule has 6 heteroatoms. The molecule has 5 nitrogen and oxygen atoms in total. The van der Waals surface area contributed by atoms with Gasteiger partial charge in [0.05, 0.1) is 5.69 Å². The Morgan fingerprint density at radius 2 is 1.76 bits per heavy atom. The summed E-state index contributed by atoms with van der Waals surface area (Å²) in [6.45, 7) is 6.85. The molecular formula is C19H24N4OP+. The van der Waals surface area contributed by atoms with Crippen LogP contribution in [0.4, 0.5) is 5.69 Å². The number of aromatic nitrogens is 2. The summed E-state index contributed by atoms with van der Waals surface area (Å²) < 4.78 is 5.01. The number of hydrogen-bond acceptors (Lipinski definition) is 5. The summed E-state index contributed by atoms with van der Waals surface area (Å²) in [5.41, 5.74) is 10.5. The van der Waals surface area contributed by atoms with Gasteiger partial charge in [0, 0.05) is 25.2 Å². The quantitative estimate of drug-likeness (QED) is 0.677. The zero-order valence-corrected chi connectivity index (χ0v) is 15.6. The molecule has 0 unspecified atom stereocenters. The van der Waals surface area contributed by atoms with Crippen LogP contribution < -0.4 is 10.6 Å². The van der Waals surface area contributed by atoms with Crippen LogP contribution in [0.5, 0.6) is 0 Å². The van der Waals surface area contributed by atoms with Crippen LogP contribution in [0.25, 0.3) is 23.2 Å². The molecule has 0 saturated carbocycles. The van der Waals surface area contributed by atoms with Crippen LogP contribution in [0.3, 0.4) is 0 Å². The summed E-state index contributed by atoms with van der Waals surface area (Å²) in [5, 5.41) is 8.23. The Kier molecular flexibility index (Phi) is 5.79. The number of fused-ring (bicyclic) bond motifs is 1. The Bertz CT molecular complexity index is 853. The molecule has 0 aliphatic heterocycles. The van der Waals surface area contributed by atoms with Gasteiger partial charge in [-0.25, -0.2) is 4.63 Å². The second-order valence-corrected chi connectivity index (χ2v) is 7.87. The normalized spacial score (nSPS) is 11.5. The van der Waals surface area contributed by atoms with E-state index in [-0.39, 0.29) is 7.53 Å². The third kappa shape index (κ3) is 3.89. The van der Waals surface area contributed by atoms with Crippen LogP contribution in [0, 0.1) is 0 Å². The Morgan fingerprint density at radius 1 is 1.04 bits per heavy atom. The molecular weight excluding hydrogens is 331 g/mol. The largest absolute Gasteiger partial charge is 0.370 e. The highest BCUT2D eigenvalue weighted by atomic mass is 31.1. The van der Waals surface area contributed by atoms with E-state index < -0.39 is 0 Å². The number of hydrogen-bond donors (Lipinski definition) is 1. The van der Waals surface area contributed by atoms with Crippen molar-refractivity contribution < 1.29 is 4.63 Å². The van der Waals surface area contributed by atoms with Crippen molar-refractivity contribution in [2.24, 2.45) is 5.73 Å². The fraction of sp³-hybridized carbons (Fsp3) is 0.316. The van der Waals surface area contributed by atoms with Gasteiger partial charge >= 0.3 is 0 Å². The Balaban J connectivity index is 1.89. The number of benzene rings is 1. The molecule has 0 fully saturated rings. The van der Waals surface area contributed by atoms with Gasteiger partial charge in [-0.3, -0.25) is 0 Å². The maximum atomic E-state index is 5.63. The molecule has 0 saturated heterocycles. The van der Waals surface area contributed by atoms with Crippen molar-refractivity contribution in [3.05, 3.63) is 47.0 Å². The standard InChI is InChI=1S/C19H24N4OP/c1-3-23(4-2)17-8-7-16(18-19(17)22-24-21-18)6-5-15-9-12-25(13-10-15)14-11-20/h5-10,12-13H,3-4,11,14,20H2,1-2H3/q+1/b6-5+. The summed E-state index contributed by atoms with van der Waals surface area (Å²) in [6.07, 6.45) is 5.22. The van der Waals surface area contributed by atoms with E-state index in [2.05, 4.69) is 77.1 Å². The predicted molar refractivity (Wildman–Crippen MR) is 107 cm³/mol. The van der Waals surface area contributed by atoms with Crippen LogP contribution >= 0.6 is 7.53 Å². The van der Waals surface area contributed by atoms with E-state index in [1.165, 1.54) is 5.56 Å². The molecule has 3 rings (SSSR count). The van der Waals surface area contributed by atoms with Gasteiger partial charge in [0.15, 0.2) is 5.52 Å². The molecule has 25 heavy (non-hydrogen) atoms. The summed E-state index contributed by atoms with van der Waals surface area (Å²) in [6, 6.07) is 8.51. The molecule has 0 amide bonds. The number of anilines is 1. The van der Waals surface area contributed by atoms with Gasteiger partial charge in [0.2, 0.25) is 0 Å². The average molecular weight is 355 g/mol. The highest BCUT2D eigenvalue weighted by molar-refractivity contribution is 7.47. The molecule has 2 heterocycles. The van der Waals surface area contributed by atoms with E-state index in [0.717, 1.165) is 48.1 Å². The monoisotopic (exact) mass is 355 g/mol. The molecule has 0 aliphatic rings. The van der Waals surface area contributed by atoms with Crippen molar-refractivity contribution in [1.29, 1.82) is 0 Å². The van der Waals surface area contributed by atoms with Crippen LogP contribution in [-0.2, 0) is 6.16 Å². The topological polar surface area (TPSA) is 68.2 Å². The van der Waals surface area contributed by atoms with Crippen LogP contribution in [0.1, 0.15) is 25.0 Å². The van der Waals surface area contributed by atoms with Crippen molar-refractivity contribution in [2.45, 2.75) is 20.0 Å². The van der Waals surface area contributed by atoms with Crippen LogP contribution in [0.2, 0.25) is 0 Å². The highest BCUT2D eigenvalue weighted by Crippen LogP contribution is 2.29. The molecule has 0 bridgehead atoms. The lowest BCUT2D eigenvalue weighted by Gasteiger charge is -2.20. The van der Waals surface area contributed by atoms with Gasteiger partial charge in [0.1, 0.15) is 30.8 Å². The number of nitrogens with zero attached hydrogens (tertiary/aromatic N) is 3. The second kappa shape index (κ2) is 8.24. The van der Waals surface area contributed by atoms with Gasteiger partial charge < -0.3 is 10.6 Å². The maximum Gasteiger partial charge on any atom is 0.159 e. The van der Waals surface area contributed by atoms with Gasteiger partial charge in [-0.15, -0.1) is 0 Å². The van der Waals surface area contributed by atoms with Crippen molar-refractivity contribution in [3.8, 4) is 0 Å². The van der Waals surface area contributed by atoms with Crippen molar-refractivity contribution >= 4 is 36.4 Å². The first kappa shape index (κ1) is 17.6. The fourth-order valence-electron chi connectivity index (χ4n) is 2.89. The van der Waals surface area contributed by atoms with Crippen molar-refractivity contribution in [1.82, 2.24) is 10.3 Å². The lowest BCUT2D eigenvalue weighted by molar-refractivity contribution is 0.315. The summed E-state index contributed by atoms with van der Waals surface area (Å²) in [5.74, 6) is 4.52. The molecule has 2 aromatic heterocycles. The molecule has 0 spiro atoms. The van der Waals surface area contributed by atoms with E-state index in [1.807, 2.05) is 0 Å². The molecule has 1 aromatic carbocycles. The third-order valence-corrected chi connectivity index (χ3v) is 6.13. The molecule has 0 atom stereocenters. The van der Waals surface area contributed by atoms with E-state index in [4.69, 9.17) is 10.4 Å². The Morgan fingerprint density at radius 3 is 2.44 bits per heavy atom. The number of rotatable bonds is 7. The van der Waals surface area contributed by atoms with Crippen LogP contribution in [0.15, 0.2) is 40.5 Å². The van der Waals surface area contributed by atoms with Crippen molar-refractivity contribution in [2.75, 3.05) is 24.5 Å². The average Bonchev–Trinajstić information content (AvgIpc) is 3.13. The smallest absolute Gasteiger partial charge is 0.159 e. The fourth-order valence-corrected chi connectivity index (χ4v) is 4.31. The number of nitrogens with two attached hydrogens (primary N) is 1. The Hall–Kier alpha value is -2.23. The molecule has 130 valence electrons. The third-order valence-electron chi connectivity index (χ3n) is 4.29. The first-order valence-corrected chi connectivity index (χ1v) is 10.3. The minimum Gasteiger partial charge on any atom is -0.370 e. The minimum atomic E-state index is -0.183. The summed E-state index contributed by atoms with van der Waals surface area (Å²) >= 11 is 0.